The number of pyridine rings is 1. The summed E-state index contributed by atoms with van der Waals surface area (Å²) in [6.07, 6.45) is -0.896. The maximum Gasteiger partial charge on any atom is 0.573 e. The monoisotopic (exact) mass is 363 g/mol. The minimum Gasteiger partial charge on any atom is -0.406 e. The van der Waals surface area contributed by atoms with Gasteiger partial charge in [-0.15, -0.1) is 24.9 Å². The fraction of sp³-hybridized carbons (Fsp3) is 0.267. The number of aliphatic hydroxyl groups excluding tert-OH is 1. The molecule has 1 N–H and O–H groups in total. The molecule has 0 bridgehead atoms. The van der Waals surface area contributed by atoms with Crippen LogP contribution >= 0.6 is 23.4 Å². The molecule has 0 saturated carbocycles. The zero-order valence-corrected chi connectivity index (χ0v) is 13.6. The molecule has 2 aromatic rings. The number of aliphatic hydroxyl groups is 1. The van der Waals surface area contributed by atoms with E-state index in [0.29, 0.717) is 22.7 Å². The molecule has 0 unspecified atom stereocenters. The first-order valence-electron chi connectivity index (χ1n) is 6.50. The van der Waals surface area contributed by atoms with Crippen LogP contribution in [0, 0.1) is 0 Å². The lowest BCUT2D eigenvalue weighted by Crippen LogP contribution is -2.17. The van der Waals surface area contributed by atoms with Crippen molar-refractivity contribution in [2.75, 3.05) is 6.26 Å². The molecule has 0 aliphatic carbocycles. The molecule has 124 valence electrons. The number of benzene rings is 1. The van der Waals surface area contributed by atoms with Crippen molar-refractivity contribution in [3.63, 3.8) is 0 Å². The Morgan fingerprint density at radius 1 is 1.26 bits per heavy atom. The molecule has 0 saturated heterocycles. The number of hydrogen-bond acceptors (Lipinski definition) is 4. The number of nitrogens with zero attached hydrogens (tertiary/aromatic N) is 1. The number of hydrogen-bond donors (Lipinski definition) is 1. The van der Waals surface area contributed by atoms with Gasteiger partial charge in [0, 0.05) is 23.1 Å². The van der Waals surface area contributed by atoms with Crippen LogP contribution in [-0.4, -0.2) is 22.7 Å². The van der Waals surface area contributed by atoms with Gasteiger partial charge in [-0.1, -0.05) is 23.7 Å². The SMILES string of the molecule is CSc1cnc(Cc2ccc(OC(F)(F)F)cc2)c(Cl)c1CO. The maximum absolute atomic E-state index is 12.1. The standard InChI is InChI=1S/C15H13ClF3NO2S/c1-23-13-7-20-12(14(16)11(13)8-21)6-9-2-4-10(5-3-9)22-15(17,18)19/h2-5,7,21H,6,8H2,1H3. The van der Waals surface area contributed by atoms with Crippen LogP contribution in [0.1, 0.15) is 16.8 Å². The summed E-state index contributed by atoms with van der Waals surface area (Å²) in [6, 6.07) is 5.50. The second-order valence-corrected chi connectivity index (χ2v) is 5.82. The van der Waals surface area contributed by atoms with Gasteiger partial charge in [0.25, 0.3) is 0 Å². The van der Waals surface area contributed by atoms with Crippen LogP contribution in [0.15, 0.2) is 35.4 Å². The zero-order valence-electron chi connectivity index (χ0n) is 12.0. The van der Waals surface area contributed by atoms with Gasteiger partial charge in [0.15, 0.2) is 0 Å². The molecule has 0 atom stereocenters. The summed E-state index contributed by atoms with van der Waals surface area (Å²) >= 11 is 7.68. The van der Waals surface area contributed by atoms with Crippen molar-refractivity contribution in [2.24, 2.45) is 0 Å². The Bertz CT molecular complexity index is 678. The lowest BCUT2D eigenvalue weighted by atomic mass is 10.1. The van der Waals surface area contributed by atoms with Crippen molar-refractivity contribution in [3.8, 4) is 5.75 Å². The van der Waals surface area contributed by atoms with Gasteiger partial charge in [-0.2, -0.15) is 0 Å². The van der Waals surface area contributed by atoms with Crippen LogP contribution in [0.5, 0.6) is 5.75 Å². The second kappa shape index (κ2) is 7.42. The third-order valence-electron chi connectivity index (χ3n) is 3.06. The van der Waals surface area contributed by atoms with Gasteiger partial charge in [-0.3, -0.25) is 4.98 Å². The third-order valence-corrected chi connectivity index (χ3v) is 4.30. The normalized spacial score (nSPS) is 11.6. The highest BCUT2D eigenvalue weighted by Crippen LogP contribution is 2.30. The van der Waals surface area contributed by atoms with Crippen LogP contribution in [0.3, 0.4) is 0 Å². The van der Waals surface area contributed by atoms with E-state index < -0.39 is 6.36 Å². The molecule has 2 rings (SSSR count). The molecule has 0 amide bonds. The van der Waals surface area contributed by atoms with Gasteiger partial charge in [0.05, 0.1) is 17.3 Å². The zero-order chi connectivity index (χ0) is 17.0. The number of aromatic nitrogens is 1. The quantitative estimate of drug-likeness (QED) is 0.797. The van der Waals surface area contributed by atoms with Gasteiger partial charge in [-0.25, -0.2) is 0 Å². The molecule has 23 heavy (non-hydrogen) atoms. The minimum absolute atomic E-state index is 0.205. The lowest BCUT2D eigenvalue weighted by Gasteiger charge is -2.12. The van der Waals surface area contributed by atoms with E-state index in [2.05, 4.69) is 9.72 Å². The first kappa shape index (κ1) is 17.9. The fourth-order valence-corrected chi connectivity index (χ4v) is 2.91. The minimum atomic E-state index is -4.71. The summed E-state index contributed by atoms with van der Waals surface area (Å²) < 4.78 is 40.2. The number of alkyl halides is 3. The van der Waals surface area contributed by atoms with Crippen molar-refractivity contribution < 1.29 is 23.0 Å². The van der Waals surface area contributed by atoms with E-state index >= 15 is 0 Å². The highest BCUT2D eigenvalue weighted by atomic mass is 35.5. The number of thioether (sulfide) groups is 1. The van der Waals surface area contributed by atoms with Gasteiger partial charge in [-0.05, 0) is 24.0 Å². The van der Waals surface area contributed by atoms with Crippen LogP contribution < -0.4 is 4.74 Å². The van der Waals surface area contributed by atoms with Crippen molar-refractivity contribution in [1.29, 1.82) is 0 Å². The highest BCUT2D eigenvalue weighted by Gasteiger charge is 2.30. The van der Waals surface area contributed by atoms with E-state index in [1.165, 1.54) is 36.0 Å². The number of halogens is 4. The molecular formula is C15H13ClF3NO2S. The maximum atomic E-state index is 12.1. The van der Waals surface area contributed by atoms with Crippen LogP contribution in [0.2, 0.25) is 5.02 Å². The van der Waals surface area contributed by atoms with Crippen LogP contribution in [0.4, 0.5) is 13.2 Å². The molecule has 0 radical (unpaired) electrons. The fourth-order valence-electron chi connectivity index (χ4n) is 2.00. The summed E-state index contributed by atoms with van der Waals surface area (Å²) in [4.78, 5) is 5.05. The average Bonchev–Trinajstić information content (AvgIpc) is 2.49. The van der Waals surface area contributed by atoms with E-state index in [4.69, 9.17) is 11.6 Å². The molecule has 1 aromatic carbocycles. The Morgan fingerprint density at radius 3 is 2.43 bits per heavy atom. The van der Waals surface area contributed by atoms with E-state index in [1.54, 1.807) is 6.20 Å². The van der Waals surface area contributed by atoms with Crippen molar-refractivity contribution in [3.05, 3.63) is 52.3 Å². The van der Waals surface area contributed by atoms with E-state index in [-0.39, 0.29) is 12.4 Å². The first-order chi connectivity index (χ1) is 10.8. The third kappa shape index (κ3) is 4.76. The largest absolute Gasteiger partial charge is 0.573 e. The topological polar surface area (TPSA) is 42.4 Å². The van der Waals surface area contributed by atoms with E-state index in [9.17, 15) is 18.3 Å². The number of ether oxygens (including phenoxy) is 1. The predicted octanol–water partition coefficient (Wildman–Crippen LogP) is 4.44. The summed E-state index contributed by atoms with van der Waals surface area (Å²) in [7, 11) is 0. The molecule has 1 heterocycles. The van der Waals surface area contributed by atoms with Crippen molar-refractivity contribution in [1.82, 2.24) is 4.98 Å². The molecule has 0 aliphatic heterocycles. The Labute approximate surface area is 140 Å². The van der Waals surface area contributed by atoms with Gasteiger partial charge in [0.1, 0.15) is 5.75 Å². The highest BCUT2D eigenvalue weighted by molar-refractivity contribution is 7.98. The molecule has 0 fully saturated rings. The van der Waals surface area contributed by atoms with Crippen LogP contribution in [0.25, 0.3) is 0 Å². The average molecular weight is 364 g/mol. The van der Waals surface area contributed by atoms with Crippen molar-refractivity contribution in [2.45, 2.75) is 24.3 Å². The van der Waals surface area contributed by atoms with E-state index in [0.717, 1.165) is 10.5 Å². The predicted molar refractivity (Wildman–Crippen MR) is 82.9 cm³/mol. The molecule has 0 spiro atoms. The van der Waals surface area contributed by atoms with Crippen LogP contribution in [-0.2, 0) is 13.0 Å². The first-order valence-corrected chi connectivity index (χ1v) is 8.10. The van der Waals surface area contributed by atoms with Crippen molar-refractivity contribution >= 4 is 23.4 Å². The summed E-state index contributed by atoms with van der Waals surface area (Å²) in [5.41, 5.74) is 1.88. The van der Waals surface area contributed by atoms with E-state index in [1.807, 2.05) is 6.26 Å². The van der Waals surface area contributed by atoms with Gasteiger partial charge >= 0.3 is 6.36 Å². The molecule has 1 aromatic heterocycles. The smallest absolute Gasteiger partial charge is 0.406 e. The Kier molecular flexibility index (Phi) is 5.78. The Balaban J connectivity index is 2.19. The summed E-state index contributed by atoms with van der Waals surface area (Å²) in [6.45, 7) is -0.205. The number of rotatable bonds is 5. The van der Waals surface area contributed by atoms with Gasteiger partial charge in [0.2, 0.25) is 0 Å². The molecule has 0 aliphatic rings. The Morgan fingerprint density at radius 2 is 1.91 bits per heavy atom. The Hall–Kier alpha value is -1.44. The summed E-state index contributed by atoms with van der Waals surface area (Å²) in [5, 5.41) is 9.79. The second-order valence-electron chi connectivity index (χ2n) is 4.59. The molecular weight excluding hydrogens is 351 g/mol. The lowest BCUT2D eigenvalue weighted by molar-refractivity contribution is -0.274. The summed E-state index contributed by atoms with van der Waals surface area (Å²) in [5.74, 6) is -0.283. The molecule has 8 heteroatoms. The van der Waals surface area contributed by atoms with Gasteiger partial charge < -0.3 is 9.84 Å². The molecule has 3 nitrogen and oxygen atoms in total.